The highest BCUT2D eigenvalue weighted by Crippen LogP contribution is 2.51. The minimum atomic E-state index is -1.09. The van der Waals surface area contributed by atoms with Crippen molar-refractivity contribution in [2.45, 2.75) is 38.5 Å². The number of hydrogen-bond donors (Lipinski definition) is 4. The summed E-state index contributed by atoms with van der Waals surface area (Å²) in [5, 5.41) is 32.8. The lowest BCUT2D eigenvalue weighted by atomic mass is 9.61. The van der Waals surface area contributed by atoms with Gasteiger partial charge in [-0.05, 0) is 55.6 Å². The zero-order valence-corrected chi connectivity index (χ0v) is 17.6. The highest BCUT2D eigenvalue weighted by Gasteiger charge is 2.50. The van der Waals surface area contributed by atoms with Crippen LogP contribution in [0, 0.1) is 17.8 Å². The number of Topliss-reactive ketones (excluding diaryl/α,β-unsaturated/α-hetero) is 2. The largest absolute Gasteiger partial charge is 0.511 e. The molecule has 5 rings (SSSR count). The lowest BCUT2D eigenvalue weighted by Crippen LogP contribution is -2.44. The molecule has 1 aliphatic heterocycles. The Balaban J connectivity index is 1.60. The number of phenolic OH excluding ortho intramolecular Hbond substituents is 1. The normalized spacial score (nSPS) is 27.8. The van der Waals surface area contributed by atoms with Crippen molar-refractivity contribution in [2.75, 3.05) is 18.0 Å². The Morgan fingerprint density at radius 1 is 1.03 bits per heavy atom. The molecule has 3 aliphatic carbocycles. The number of piperidine rings is 1. The lowest BCUT2D eigenvalue weighted by Gasteiger charge is -2.41. The molecule has 1 heterocycles. The molecule has 2 fully saturated rings. The van der Waals surface area contributed by atoms with Gasteiger partial charge in [-0.15, -0.1) is 0 Å². The number of aliphatic hydroxyl groups is 2. The van der Waals surface area contributed by atoms with E-state index in [0.717, 1.165) is 37.9 Å². The standard InChI is InChI=1S/C24H26N2O6/c25-24(32)19-15(27)10-13-9-12-8-11-4-5-14(26-6-2-1-3-7-26)20(28)16(11)21(29)17(12)22(30)18(13)23(19)31/h4-5,12-13,18,28-29,31H,1-3,6-10H2,(H2,25,32). The number of primary amides is 1. The number of ketones is 2. The van der Waals surface area contributed by atoms with Crippen molar-refractivity contribution in [1.29, 1.82) is 0 Å². The van der Waals surface area contributed by atoms with Gasteiger partial charge in [0.1, 0.15) is 22.8 Å². The summed E-state index contributed by atoms with van der Waals surface area (Å²) in [6.07, 6.45) is 4.00. The second-order valence-corrected chi connectivity index (χ2v) is 9.27. The number of nitrogens with two attached hydrogens (primary N) is 1. The van der Waals surface area contributed by atoms with Crippen LogP contribution in [0.2, 0.25) is 0 Å². The number of fused-ring (bicyclic) bond motifs is 3. The quantitative estimate of drug-likeness (QED) is 0.519. The number of nitrogens with zero attached hydrogens (tertiary/aromatic N) is 1. The fourth-order valence-electron chi connectivity index (χ4n) is 5.99. The van der Waals surface area contributed by atoms with E-state index >= 15 is 0 Å². The molecule has 8 heteroatoms. The maximum atomic E-state index is 13.4. The molecular formula is C24H26N2O6. The molecule has 0 bridgehead atoms. The van der Waals surface area contributed by atoms with Crippen LogP contribution in [-0.2, 0) is 20.8 Å². The van der Waals surface area contributed by atoms with E-state index in [9.17, 15) is 29.7 Å². The fourth-order valence-corrected chi connectivity index (χ4v) is 5.99. The molecule has 32 heavy (non-hydrogen) atoms. The van der Waals surface area contributed by atoms with Crippen molar-refractivity contribution in [3.05, 3.63) is 40.2 Å². The van der Waals surface area contributed by atoms with Crippen LogP contribution in [0.5, 0.6) is 5.75 Å². The summed E-state index contributed by atoms with van der Waals surface area (Å²) >= 11 is 0. The van der Waals surface area contributed by atoms with Gasteiger partial charge in [0.15, 0.2) is 11.6 Å². The monoisotopic (exact) mass is 438 g/mol. The number of aromatic hydroxyl groups is 1. The second kappa shape index (κ2) is 7.39. The maximum absolute atomic E-state index is 13.4. The average molecular weight is 438 g/mol. The molecule has 8 nitrogen and oxygen atoms in total. The molecule has 168 valence electrons. The van der Waals surface area contributed by atoms with Crippen molar-refractivity contribution in [3.63, 3.8) is 0 Å². The molecule has 3 atom stereocenters. The number of benzene rings is 1. The predicted octanol–water partition coefficient (Wildman–Crippen LogP) is 2.30. The number of amides is 1. The summed E-state index contributed by atoms with van der Waals surface area (Å²) in [5.74, 6) is -4.91. The van der Waals surface area contributed by atoms with Crippen LogP contribution >= 0.6 is 0 Å². The summed E-state index contributed by atoms with van der Waals surface area (Å²) in [7, 11) is 0. The van der Waals surface area contributed by atoms with E-state index in [-0.39, 0.29) is 35.0 Å². The molecule has 0 aromatic heterocycles. The van der Waals surface area contributed by atoms with E-state index < -0.39 is 40.6 Å². The topological polar surface area (TPSA) is 141 Å². The van der Waals surface area contributed by atoms with E-state index in [1.807, 2.05) is 12.1 Å². The van der Waals surface area contributed by atoms with Crippen molar-refractivity contribution in [3.8, 4) is 5.75 Å². The van der Waals surface area contributed by atoms with Crippen LogP contribution in [-0.4, -0.2) is 45.9 Å². The maximum Gasteiger partial charge on any atom is 0.255 e. The Morgan fingerprint density at radius 3 is 2.44 bits per heavy atom. The Kier molecular flexibility index (Phi) is 4.76. The van der Waals surface area contributed by atoms with Gasteiger partial charge in [0.25, 0.3) is 5.91 Å². The van der Waals surface area contributed by atoms with Gasteiger partial charge in [-0.25, -0.2) is 0 Å². The molecule has 0 radical (unpaired) electrons. The van der Waals surface area contributed by atoms with Crippen molar-refractivity contribution in [2.24, 2.45) is 23.5 Å². The number of hydrogen-bond acceptors (Lipinski definition) is 7. The van der Waals surface area contributed by atoms with Crippen molar-refractivity contribution in [1.82, 2.24) is 0 Å². The van der Waals surface area contributed by atoms with Crippen LogP contribution in [0.4, 0.5) is 5.69 Å². The highest BCUT2D eigenvalue weighted by atomic mass is 16.3. The zero-order valence-electron chi connectivity index (χ0n) is 17.6. The first kappa shape index (κ1) is 20.6. The first-order chi connectivity index (χ1) is 15.3. The van der Waals surface area contributed by atoms with E-state index in [2.05, 4.69) is 4.90 Å². The molecule has 1 aromatic rings. The SMILES string of the molecule is NC(=O)C1=C(O)C2C(=O)C3=C(O)c4c(ccc(N5CCCCC5)c4O)CC3CC2CC1=O. The van der Waals surface area contributed by atoms with Gasteiger partial charge in [-0.2, -0.15) is 0 Å². The van der Waals surface area contributed by atoms with Crippen LogP contribution in [0.25, 0.3) is 5.76 Å². The molecule has 5 N–H and O–H groups in total. The zero-order chi connectivity index (χ0) is 22.7. The van der Waals surface area contributed by atoms with Crippen LogP contribution in [0.3, 0.4) is 0 Å². The summed E-state index contributed by atoms with van der Waals surface area (Å²) < 4.78 is 0. The smallest absolute Gasteiger partial charge is 0.255 e. The molecule has 1 amide bonds. The number of aliphatic hydroxyl groups excluding tert-OH is 2. The van der Waals surface area contributed by atoms with Crippen molar-refractivity contribution >= 4 is 28.9 Å². The summed E-state index contributed by atoms with van der Waals surface area (Å²) in [4.78, 5) is 39.5. The minimum absolute atomic E-state index is 0.0424. The molecular weight excluding hydrogens is 412 g/mol. The van der Waals surface area contributed by atoms with Gasteiger partial charge in [-0.3, -0.25) is 14.4 Å². The first-order valence-electron chi connectivity index (χ1n) is 11.1. The van der Waals surface area contributed by atoms with E-state index in [1.165, 1.54) is 0 Å². The van der Waals surface area contributed by atoms with E-state index in [0.29, 0.717) is 18.5 Å². The summed E-state index contributed by atoms with van der Waals surface area (Å²) in [6, 6.07) is 3.75. The predicted molar refractivity (Wildman–Crippen MR) is 116 cm³/mol. The van der Waals surface area contributed by atoms with E-state index in [4.69, 9.17) is 5.73 Å². The summed E-state index contributed by atoms with van der Waals surface area (Å²) in [6.45, 7) is 1.63. The van der Waals surface area contributed by atoms with Crippen LogP contribution in [0.15, 0.2) is 29.0 Å². The first-order valence-corrected chi connectivity index (χ1v) is 11.1. The van der Waals surface area contributed by atoms with Gasteiger partial charge in [-0.1, -0.05) is 6.07 Å². The van der Waals surface area contributed by atoms with Gasteiger partial charge >= 0.3 is 0 Å². The van der Waals surface area contributed by atoms with Crippen molar-refractivity contribution < 1.29 is 29.7 Å². The molecule has 1 saturated heterocycles. The Morgan fingerprint density at radius 2 is 1.75 bits per heavy atom. The van der Waals surface area contributed by atoms with Gasteiger partial charge in [0, 0.05) is 25.1 Å². The Hall–Kier alpha value is -3.29. The molecule has 0 spiro atoms. The minimum Gasteiger partial charge on any atom is -0.511 e. The van der Waals surface area contributed by atoms with Gasteiger partial charge in [0.05, 0.1) is 17.2 Å². The molecule has 4 aliphatic rings. The summed E-state index contributed by atoms with van der Waals surface area (Å²) in [5.41, 5.74) is 6.53. The second-order valence-electron chi connectivity index (χ2n) is 9.27. The fraction of sp³-hybridized carbons (Fsp3) is 0.458. The lowest BCUT2D eigenvalue weighted by molar-refractivity contribution is -0.127. The number of carbonyl (C=O) groups excluding carboxylic acids is 3. The number of allylic oxidation sites excluding steroid dienone is 2. The molecule has 1 saturated carbocycles. The average Bonchev–Trinajstić information content (AvgIpc) is 2.73. The number of carbonyl (C=O) groups is 3. The van der Waals surface area contributed by atoms with E-state index in [1.54, 1.807) is 0 Å². The van der Waals surface area contributed by atoms with Gasteiger partial charge in [0.2, 0.25) is 0 Å². The Labute approximate surface area is 185 Å². The van der Waals surface area contributed by atoms with Gasteiger partial charge < -0.3 is 26.0 Å². The third-order valence-corrected chi connectivity index (χ3v) is 7.44. The number of rotatable bonds is 2. The third kappa shape index (κ3) is 2.92. The molecule has 1 aromatic carbocycles. The Bertz CT molecular complexity index is 1110. The number of phenols is 1. The highest BCUT2D eigenvalue weighted by molar-refractivity contribution is 6.21. The third-order valence-electron chi connectivity index (χ3n) is 7.44. The number of anilines is 1. The molecule has 3 unspecified atom stereocenters. The van der Waals surface area contributed by atoms with Crippen LogP contribution in [0.1, 0.15) is 43.2 Å². The van der Waals surface area contributed by atoms with Crippen LogP contribution < -0.4 is 10.6 Å².